The molecule has 1 amide bonds. The number of benzene rings is 2. The van der Waals surface area contributed by atoms with Gasteiger partial charge in [0.15, 0.2) is 0 Å². The van der Waals surface area contributed by atoms with Crippen LogP contribution in [0, 0.1) is 8.99 Å². The second-order valence-electron chi connectivity index (χ2n) is 9.13. The number of alkyl halides is 3. The van der Waals surface area contributed by atoms with Gasteiger partial charge in [-0.1, -0.05) is 32.9 Å². The van der Waals surface area contributed by atoms with E-state index in [1.54, 1.807) is 0 Å². The van der Waals surface area contributed by atoms with Crippen LogP contribution in [-0.2, 0) is 15.7 Å². The monoisotopic (exact) mass is 576 g/mol. The summed E-state index contributed by atoms with van der Waals surface area (Å²) >= 11 is 2.19. The maximum absolute atomic E-state index is 12.9. The van der Waals surface area contributed by atoms with Gasteiger partial charge in [0.05, 0.1) is 18.3 Å². The summed E-state index contributed by atoms with van der Waals surface area (Å²) in [6, 6.07) is 12.5. The van der Waals surface area contributed by atoms with Crippen molar-refractivity contribution in [3.05, 3.63) is 63.2 Å². The fraction of sp³-hybridized carbons (Fsp3) is 0.458. The smallest absolute Gasteiger partial charge is 0.416 e. The Balaban J connectivity index is 1.62. The summed E-state index contributed by atoms with van der Waals surface area (Å²) in [7, 11) is 0. The zero-order chi connectivity index (χ0) is 24.2. The average Bonchev–Trinajstić information content (AvgIpc) is 2.74. The number of rotatable bonds is 5. The number of anilines is 1. The van der Waals surface area contributed by atoms with E-state index >= 15 is 0 Å². The molecule has 3 rings (SSSR count). The minimum atomic E-state index is -4.37. The summed E-state index contributed by atoms with van der Waals surface area (Å²) in [5.74, 6) is 0. The van der Waals surface area contributed by atoms with Crippen LogP contribution in [0.3, 0.4) is 0 Å². The van der Waals surface area contributed by atoms with Crippen molar-refractivity contribution >= 4 is 34.4 Å². The lowest BCUT2D eigenvalue weighted by atomic mass is 9.88. The molecule has 1 aliphatic heterocycles. The number of hydrogen-bond acceptors (Lipinski definition) is 4. The first-order valence-corrected chi connectivity index (χ1v) is 11.7. The minimum absolute atomic E-state index is 0.314. The molecule has 1 heterocycles. The molecule has 1 aliphatic rings. The zero-order valence-corrected chi connectivity index (χ0v) is 20.9. The fourth-order valence-corrected chi connectivity index (χ4v) is 3.85. The van der Waals surface area contributed by atoms with Crippen LogP contribution in [0.2, 0.25) is 0 Å². The second-order valence-corrected chi connectivity index (χ2v) is 10.4. The van der Waals surface area contributed by atoms with E-state index in [4.69, 9.17) is 9.47 Å². The Morgan fingerprint density at radius 1 is 1.15 bits per heavy atom. The minimum Gasteiger partial charge on any atom is -0.444 e. The third-order valence-electron chi connectivity index (χ3n) is 5.49. The number of halogens is 4. The molecule has 2 atom stereocenters. The molecule has 1 N–H and O–H groups in total. The van der Waals surface area contributed by atoms with E-state index in [0.717, 1.165) is 15.7 Å². The number of ether oxygens (including phenoxy) is 2. The van der Waals surface area contributed by atoms with E-state index in [1.807, 2.05) is 45.0 Å². The maximum atomic E-state index is 12.9. The van der Waals surface area contributed by atoms with E-state index in [9.17, 15) is 18.0 Å². The van der Waals surface area contributed by atoms with Crippen LogP contribution in [0.15, 0.2) is 48.5 Å². The molecule has 180 valence electrons. The third kappa shape index (κ3) is 7.58. The molecule has 1 fully saturated rings. The Labute approximate surface area is 205 Å². The lowest BCUT2D eigenvalue weighted by molar-refractivity contribution is -0.137. The van der Waals surface area contributed by atoms with E-state index in [2.05, 4.69) is 32.8 Å². The van der Waals surface area contributed by atoms with Crippen molar-refractivity contribution in [2.75, 3.05) is 31.6 Å². The van der Waals surface area contributed by atoms with Crippen molar-refractivity contribution in [1.29, 1.82) is 0 Å². The number of amides is 1. The van der Waals surface area contributed by atoms with Gasteiger partial charge < -0.3 is 9.47 Å². The molecule has 2 aromatic rings. The van der Waals surface area contributed by atoms with E-state index in [0.29, 0.717) is 37.5 Å². The molecule has 0 bridgehead atoms. The predicted octanol–water partition coefficient (Wildman–Crippen LogP) is 6.35. The highest BCUT2D eigenvalue weighted by atomic mass is 127. The first-order valence-electron chi connectivity index (χ1n) is 10.7. The largest absolute Gasteiger partial charge is 0.444 e. The first kappa shape index (κ1) is 25.8. The Kier molecular flexibility index (Phi) is 8.28. The molecule has 0 aromatic heterocycles. The van der Waals surface area contributed by atoms with E-state index in [-0.39, 0.29) is 11.5 Å². The van der Waals surface area contributed by atoms with Gasteiger partial charge in [-0.25, -0.2) is 4.79 Å². The van der Waals surface area contributed by atoms with E-state index in [1.165, 1.54) is 12.1 Å². The molecule has 2 aromatic carbocycles. The van der Waals surface area contributed by atoms with Crippen molar-refractivity contribution in [2.45, 2.75) is 39.2 Å². The number of carbonyl (C=O) groups is 1. The average molecular weight is 576 g/mol. The SMILES string of the molecule is CC(C)(C)C(CN1CCO[C@H](c2ccc(C(F)(F)F)cc2)C1)OC(=O)Nc1ccc(I)cc1. The number of hydrogen-bond donors (Lipinski definition) is 1. The van der Waals surface area contributed by atoms with Gasteiger partial charge in [-0.3, -0.25) is 10.2 Å². The molecule has 33 heavy (non-hydrogen) atoms. The van der Waals surface area contributed by atoms with Crippen molar-refractivity contribution in [3.8, 4) is 0 Å². The number of nitrogens with one attached hydrogen (secondary N) is 1. The van der Waals surface area contributed by atoms with Gasteiger partial charge in [-0.05, 0) is 64.6 Å². The van der Waals surface area contributed by atoms with Gasteiger partial charge in [0.1, 0.15) is 6.10 Å². The van der Waals surface area contributed by atoms with Crippen LogP contribution in [0.25, 0.3) is 0 Å². The number of carbonyl (C=O) groups excluding carboxylic acids is 1. The van der Waals surface area contributed by atoms with Crippen molar-refractivity contribution in [3.63, 3.8) is 0 Å². The Morgan fingerprint density at radius 3 is 2.36 bits per heavy atom. The van der Waals surface area contributed by atoms with Gasteiger partial charge >= 0.3 is 12.3 Å². The molecule has 5 nitrogen and oxygen atoms in total. The van der Waals surface area contributed by atoms with Crippen LogP contribution in [0.5, 0.6) is 0 Å². The molecule has 0 spiro atoms. The standard InChI is InChI=1S/C24H28F3IN2O3/c1-23(2,3)21(33-22(31)29-19-10-8-18(28)9-11-19)15-30-12-13-32-20(14-30)16-4-6-17(7-5-16)24(25,26)27/h4-11,20-21H,12-15H2,1-3H3,(H,29,31)/t20-,21?/m0/s1. The van der Waals surface area contributed by atoms with Crippen LogP contribution < -0.4 is 5.32 Å². The quantitative estimate of drug-likeness (QED) is 0.422. The lowest BCUT2D eigenvalue weighted by Gasteiger charge is -2.38. The molecule has 9 heteroatoms. The highest BCUT2D eigenvalue weighted by Gasteiger charge is 2.34. The number of nitrogens with zero attached hydrogens (tertiary/aromatic N) is 1. The molecule has 0 aliphatic carbocycles. The van der Waals surface area contributed by atoms with Crippen LogP contribution in [0.4, 0.5) is 23.7 Å². The highest BCUT2D eigenvalue weighted by molar-refractivity contribution is 14.1. The van der Waals surface area contributed by atoms with Crippen molar-refractivity contribution in [2.24, 2.45) is 5.41 Å². The first-order chi connectivity index (χ1) is 15.4. The molecular formula is C24H28F3IN2O3. The summed E-state index contributed by atoms with van der Waals surface area (Å²) < 4.78 is 51.2. The summed E-state index contributed by atoms with van der Waals surface area (Å²) in [5.41, 5.74) is 0.351. The Hall–Kier alpha value is -1.85. The summed E-state index contributed by atoms with van der Waals surface area (Å²) in [6.45, 7) is 8.09. The Morgan fingerprint density at radius 2 is 1.79 bits per heavy atom. The zero-order valence-electron chi connectivity index (χ0n) is 18.8. The summed E-state index contributed by atoms with van der Waals surface area (Å²) in [5, 5.41) is 2.76. The molecule has 0 radical (unpaired) electrons. The normalized spacial score (nSPS) is 18.6. The topological polar surface area (TPSA) is 50.8 Å². The van der Waals surface area contributed by atoms with Crippen LogP contribution >= 0.6 is 22.6 Å². The molecule has 1 unspecified atom stereocenters. The Bertz CT molecular complexity index is 928. The predicted molar refractivity (Wildman–Crippen MR) is 129 cm³/mol. The maximum Gasteiger partial charge on any atom is 0.416 e. The van der Waals surface area contributed by atoms with E-state index < -0.39 is 23.9 Å². The van der Waals surface area contributed by atoms with Gasteiger partial charge in [-0.2, -0.15) is 13.2 Å². The van der Waals surface area contributed by atoms with Crippen molar-refractivity contribution in [1.82, 2.24) is 4.90 Å². The lowest BCUT2D eigenvalue weighted by Crippen LogP contribution is -2.47. The van der Waals surface area contributed by atoms with Gasteiger partial charge in [0.25, 0.3) is 0 Å². The van der Waals surface area contributed by atoms with Crippen LogP contribution in [0.1, 0.15) is 38.0 Å². The molecule has 1 saturated heterocycles. The van der Waals surface area contributed by atoms with Crippen LogP contribution in [-0.4, -0.2) is 43.3 Å². The number of morpholine rings is 1. The van der Waals surface area contributed by atoms with Gasteiger partial charge in [0.2, 0.25) is 0 Å². The van der Waals surface area contributed by atoms with Crippen molar-refractivity contribution < 1.29 is 27.4 Å². The molecular weight excluding hydrogens is 548 g/mol. The summed E-state index contributed by atoms with van der Waals surface area (Å²) in [6.07, 6.45) is -5.63. The summed E-state index contributed by atoms with van der Waals surface area (Å²) in [4.78, 5) is 14.6. The second kappa shape index (κ2) is 10.6. The fourth-order valence-electron chi connectivity index (χ4n) is 3.49. The van der Waals surface area contributed by atoms with Gasteiger partial charge in [-0.15, -0.1) is 0 Å². The molecule has 0 saturated carbocycles. The third-order valence-corrected chi connectivity index (χ3v) is 6.21. The van der Waals surface area contributed by atoms with Gasteiger partial charge in [0, 0.05) is 34.3 Å². The highest BCUT2D eigenvalue weighted by Crippen LogP contribution is 2.32.